The molecule has 0 saturated carbocycles. The van der Waals surface area contributed by atoms with Crippen molar-refractivity contribution in [1.29, 1.82) is 0 Å². The highest BCUT2D eigenvalue weighted by atomic mass is 16.5. The minimum Gasteiger partial charge on any atom is -0.468 e. The summed E-state index contributed by atoms with van der Waals surface area (Å²) < 4.78 is 9.30. The van der Waals surface area contributed by atoms with Gasteiger partial charge in [-0.2, -0.15) is 0 Å². The second-order valence-electron chi connectivity index (χ2n) is 4.58. The van der Waals surface area contributed by atoms with Gasteiger partial charge in [-0.05, 0) is 12.1 Å². The molecule has 1 aromatic heterocycles. The lowest BCUT2D eigenvalue weighted by Gasteiger charge is -2.22. The number of carbonyl (C=O) groups is 3. The third-order valence-electron chi connectivity index (χ3n) is 3.35. The van der Waals surface area contributed by atoms with Crippen molar-refractivity contribution in [2.24, 2.45) is 11.8 Å². The number of nitrogens with zero attached hydrogens (tertiary/aromatic N) is 1. The first-order valence-electron chi connectivity index (χ1n) is 6.21. The molecule has 1 aromatic rings. The van der Waals surface area contributed by atoms with Crippen molar-refractivity contribution in [3.8, 4) is 0 Å². The van der Waals surface area contributed by atoms with Gasteiger partial charge in [-0.15, -0.1) is 0 Å². The summed E-state index contributed by atoms with van der Waals surface area (Å²) in [5.41, 5.74) is 1.27. The molecule has 20 heavy (non-hydrogen) atoms. The van der Waals surface area contributed by atoms with E-state index >= 15 is 0 Å². The van der Waals surface area contributed by atoms with Gasteiger partial charge in [-0.1, -0.05) is 6.07 Å². The number of methoxy groups -OCH3 is 2. The molecule has 2 heterocycles. The van der Waals surface area contributed by atoms with Gasteiger partial charge in [0.15, 0.2) is 5.78 Å². The van der Waals surface area contributed by atoms with E-state index in [1.807, 2.05) is 0 Å². The maximum absolute atomic E-state index is 12.4. The average Bonchev–Trinajstić information content (AvgIpc) is 2.47. The molecule has 2 bridgehead atoms. The van der Waals surface area contributed by atoms with Crippen molar-refractivity contribution in [2.45, 2.75) is 12.8 Å². The number of Topliss-reactive ketones (excluding diaryl/α,β-unsaturated/α-hetero) is 1. The molecule has 0 aliphatic carbocycles. The maximum atomic E-state index is 12.4. The summed E-state index contributed by atoms with van der Waals surface area (Å²) in [6.45, 7) is 0. The van der Waals surface area contributed by atoms with Crippen LogP contribution in [0.25, 0.3) is 0 Å². The van der Waals surface area contributed by atoms with E-state index in [4.69, 9.17) is 0 Å². The van der Waals surface area contributed by atoms with Gasteiger partial charge in [0.25, 0.3) is 0 Å². The Hall–Kier alpha value is -2.24. The first-order chi connectivity index (χ1) is 9.56. The fourth-order valence-electron chi connectivity index (χ4n) is 2.30. The van der Waals surface area contributed by atoms with Crippen LogP contribution in [0.15, 0.2) is 18.2 Å². The molecule has 1 aliphatic heterocycles. The first kappa shape index (κ1) is 14.2. The number of aromatic nitrogens is 1. The van der Waals surface area contributed by atoms with Crippen LogP contribution in [-0.2, 0) is 36.7 Å². The molecule has 0 radical (unpaired) electrons. The van der Waals surface area contributed by atoms with E-state index in [0.717, 1.165) is 0 Å². The summed E-state index contributed by atoms with van der Waals surface area (Å²) in [5, 5.41) is 0. The maximum Gasteiger partial charge on any atom is 0.316 e. The van der Waals surface area contributed by atoms with Crippen LogP contribution in [0, 0.1) is 11.8 Å². The van der Waals surface area contributed by atoms with Gasteiger partial charge in [0, 0.05) is 24.2 Å². The van der Waals surface area contributed by atoms with Gasteiger partial charge >= 0.3 is 11.9 Å². The Bertz CT molecular complexity index is 511. The van der Waals surface area contributed by atoms with Crippen molar-refractivity contribution in [3.63, 3.8) is 0 Å². The number of carbonyl (C=O) groups excluding carboxylic acids is 3. The third kappa shape index (κ3) is 2.68. The van der Waals surface area contributed by atoms with E-state index in [0.29, 0.717) is 11.4 Å². The Kier molecular flexibility index (Phi) is 4.12. The van der Waals surface area contributed by atoms with Crippen LogP contribution in [0.1, 0.15) is 11.4 Å². The van der Waals surface area contributed by atoms with Crippen LogP contribution in [-0.4, -0.2) is 36.9 Å². The molecule has 2 unspecified atom stereocenters. The molecular formula is C14H15NO5. The summed E-state index contributed by atoms with van der Waals surface area (Å²) >= 11 is 0. The first-order valence-corrected chi connectivity index (χ1v) is 6.21. The Labute approximate surface area is 116 Å². The van der Waals surface area contributed by atoms with Gasteiger partial charge in [0.1, 0.15) is 11.8 Å². The summed E-state index contributed by atoms with van der Waals surface area (Å²) in [5.74, 6) is -3.83. The average molecular weight is 277 g/mol. The smallest absolute Gasteiger partial charge is 0.316 e. The van der Waals surface area contributed by atoms with Crippen LogP contribution in [0.3, 0.4) is 0 Å². The third-order valence-corrected chi connectivity index (χ3v) is 3.35. The van der Waals surface area contributed by atoms with Gasteiger partial charge < -0.3 is 9.47 Å². The number of hydrogen-bond donors (Lipinski definition) is 0. The molecular weight excluding hydrogens is 262 g/mol. The van der Waals surface area contributed by atoms with E-state index in [-0.39, 0.29) is 12.8 Å². The molecule has 6 nitrogen and oxygen atoms in total. The normalized spacial score (nSPS) is 21.6. The van der Waals surface area contributed by atoms with E-state index in [9.17, 15) is 14.4 Å². The molecule has 0 aromatic carbocycles. The number of hydrogen-bond acceptors (Lipinski definition) is 6. The fraction of sp³-hybridized carbons (Fsp3) is 0.429. The SMILES string of the molecule is COC(=O)C1Cc2cccc(n2)CC(C(=O)OC)C1=O. The van der Waals surface area contributed by atoms with Gasteiger partial charge in [-0.25, -0.2) is 0 Å². The highest BCUT2D eigenvalue weighted by Crippen LogP contribution is 2.22. The quantitative estimate of drug-likeness (QED) is 0.572. The molecule has 106 valence electrons. The van der Waals surface area contributed by atoms with Gasteiger partial charge in [0.05, 0.1) is 14.2 Å². The van der Waals surface area contributed by atoms with E-state index in [1.54, 1.807) is 18.2 Å². The van der Waals surface area contributed by atoms with Crippen molar-refractivity contribution in [1.82, 2.24) is 4.98 Å². The number of rotatable bonds is 2. The molecule has 0 spiro atoms. The Morgan fingerprint density at radius 2 is 1.50 bits per heavy atom. The minimum atomic E-state index is -1.02. The molecule has 6 heteroatoms. The lowest BCUT2D eigenvalue weighted by molar-refractivity contribution is -0.155. The Morgan fingerprint density at radius 1 is 1.05 bits per heavy atom. The molecule has 0 N–H and O–H groups in total. The molecule has 0 fully saturated rings. The lowest BCUT2D eigenvalue weighted by Crippen LogP contribution is -2.39. The summed E-state index contributed by atoms with van der Waals surface area (Å²) in [7, 11) is 2.43. The predicted octanol–water partition coefficient (Wildman–Crippen LogP) is 0.328. The van der Waals surface area contributed by atoms with Gasteiger partial charge in [-0.3, -0.25) is 19.4 Å². The number of esters is 2. The summed E-state index contributed by atoms with van der Waals surface area (Å²) in [6, 6.07) is 5.27. The second-order valence-corrected chi connectivity index (χ2v) is 4.58. The molecule has 2 atom stereocenters. The standard InChI is InChI=1S/C14H15NO5/c1-19-13(17)10-6-8-4-3-5-9(15-8)7-11(12(10)16)14(18)20-2/h3-5,10-11H,6-7H2,1-2H3. The number of ketones is 1. The number of fused-ring (bicyclic) bond motifs is 2. The Morgan fingerprint density at radius 3 is 1.90 bits per heavy atom. The molecule has 2 rings (SSSR count). The zero-order valence-corrected chi connectivity index (χ0v) is 11.3. The zero-order valence-electron chi connectivity index (χ0n) is 11.3. The molecule has 0 saturated heterocycles. The van der Waals surface area contributed by atoms with E-state index in [1.165, 1.54) is 14.2 Å². The van der Waals surface area contributed by atoms with Crippen LogP contribution in [0.2, 0.25) is 0 Å². The topological polar surface area (TPSA) is 82.6 Å². The minimum absolute atomic E-state index is 0.132. The van der Waals surface area contributed by atoms with Crippen molar-refractivity contribution in [2.75, 3.05) is 14.2 Å². The van der Waals surface area contributed by atoms with Crippen LogP contribution in [0.4, 0.5) is 0 Å². The molecule has 0 amide bonds. The monoisotopic (exact) mass is 277 g/mol. The number of pyridine rings is 1. The van der Waals surface area contributed by atoms with E-state index < -0.39 is 29.6 Å². The zero-order chi connectivity index (χ0) is 14.7. The van der Waals surface area contributed by atoms with Crippen LogP contribution >= 0.6 is 0 Å². The van der Waals surface area contributed by atoms with Crippen LogP contribution < -0.4 is 0 Å². The van der Waals surface area contributed by atoms with Crippen molar-refractivity contribution in [3.05, 3.63) is 29.6 Å². The predicted molar refractivity (Wildman–Crippen MR) is 67.7 cm³/mol. The lowest BCUT2D eigenvalue weighted by atomic mass is 9.85. The fourth-order valence-corrected chi connectivity index (χ4v) is 2.30. The summed E-state index contributed by atoms with van der Waals surface area (Å²) in [4.78, 5) is 40.3. The highest BCUT2D eigenvalue weighted by Gasteiger charge is 2.39. The summed E-state index contributed by atoms with van der Waals surface area (Å²) in [6.07, 6.45) is 0.264. The van der Waals surface area contributed by atoms with Gasteiger partial charge in [0.2, 0.25) is 0 Å². The second kappa shape index (κ2) is 5.81. The Balaban J connectivity index is 2.43. The highest BCUT2D eigenvalue weighted by molar-refractivity contribution is 6.08. The van der Waals surface area contributed by atoms with Crippen LogP contribution in [0.5, 0.6) is 0 Å². The van der Waals surface area contributed by atoms with E-state index in [2.05, 4.69) is 14.5 Å². The van der Waals surface area contributed by atoms with Crippen molar-refractivity contribution < 1.29 is 23.9 Å². The molecule has 1 aliphatic rings. The number of ether oxygens (including phenoxy) is 2. The largest absolute Gasteiger partial charge is 0.468 e. The van der Waals surface area contributed by atoms with Crippen molar-refractivity contribution >= 4 is 17.7 Å².